The van der Waals surface area contributed by atoms with Gasteiger partial charge in [0.25, 0.3) is 0 Å². The first kappa shape index (κ1) is 10.8. The highest BCUT2D eigenvalue weighted by Crippen LogP contribution is 2.01. The number of hydrogen-bond acceptors (Lipinski definition) is 5. The van der Waals surface area contributed by atoms with Crippen molar-refractivity contribution in [2.24, 2.45) is 0 Å². The van der Waals surface area contributed by atoms with Gasteiger partial charge < -0.3 is 14.4 Å². The Hall–Kier alpha value is -1.69. The summed E-state index contributed by atoms with van der Waals surface area (Å²) < 4.78 is 6.84. The molecule has 2 aromatic rings. The lowest BCUT2D eigenvalue weighted by Crippen LogP contribution is -2.11. The molecule has 0 unspecified atom stereocenters. The van der Waals surface area contributed by atoms with Crippen LogP contribution in [-0.4, -0.2) is 26.2 Å². The topological polar surface area (TPSA) is 68.8 Å². The number of imidazole rings is 1. The highest BCUT2D eigenvalue weighted by molar-refractivity contribution is 4.98. The first-order valence-electron chi connectivity index (χ1n) is 5.28. The minimum atomic E-state index is 0.586. The van der Waals surface area contributed by atoms with Gasteiger partial charge in [-0.2, -0.15) is 4.98 Å². The van der Waals surface area contributed by atoms with Crippen molar-refractivity contribution in [3.8, 4) is 0 Å². The van der Waals surface area contributed by atoms with E-state index in [4.69, 9.17) is 4.52 Å². The van der Waals surface area contributed by atoms with Gasteiger partial charge in [-0.1, -0.05) is 12.1 Å². The Morgan fingerprint density at radius 3 is 3.06 bits per heavy atom. The molecule has 0 bridgehead atoms. The van der Waals surface area contributed by atoms with Crippen molar-refractivity contribution in [3.63, 3.8) is 0 Å². The molecule has 0 fully saturated rings. The molecule has 6 heteroatoms. The third-order valence-electron chi connectivity index (χ3n) is 2.14. The van der Waals surface area contributed by atoms with Crippen LogP contribution < -0.4 is 5.32 Å². The van der Waals surface area contributed by atoms with Gasteiger partial charge in [0.15, 0.2) is 5.82 Å². The zero-order chi connectivity index (χ0) is 11.4. The third kappa shape index (κ3) is 2.66. The molecule has 0 saturated carbocycles. The lowest BCUT2D eigenvalue weighted by molar-refractivity contribution is 0.386. The molecule has 0 aromatic carbocycles. The van der Waals surface area contributed by atoms with Crippen LogP contribution >= 0.6 is 0 Å². The first-order valence-corrected chi connectivity index (χ1v) is 5.28. The Morgan fingerprint density at radius 2 is 2.38 bits per heavy atom. The smallest absolute Gasteiger partial charge is 0.223 e. The number of nitrogens with one attached hydrogen (secondary N) is 1. The zero-order valence-corrected chi connectivity index (χ0v) is 9.47. The number of aryl methyl sites for hydroxylation is 1. The van der Waals surface area contributed by atoms with Crippen LogP contribution in [-0.2, 0) is 13.1 Å². The van der Waals surface area contributed by atoms with E-state index in [1.165, 1.54) is 0 Å². The minimum absolute atomic E-state index is 0.586. The maximum absolute atomic E-state index is 4.90. The molecule has 0 atom stereocenters. The Labute approximate surface area is 93.7 Å². The third-order valence-corrected chi connectivity index (χ3v) is 2.14. The molecule has 0 aliphatic heterocycles. The second-order valence-corrected chi connectivity index (χ2v) is 3.55. The van der Waals surface area contributed by atoms with Gasteiger partial charge in [-0.25, -0.2) is 4.98 Å². The van der Waals surface area contributed by atoms with Gasteiger partial charge in [0.2, 0.25) is 5.89 Å². The van der Waals surface area contributed by atoms with Gasteiger partial charge in [-0.15, -0.1) is 0 Å². The van der Waals surface area contributed by atoms with Crippen LogP contribution in [0.2, 0.25) is 0 Å². The lowest BCUT2D eigenvalue weighted by Gasteiger charge is -1.96. The quantitative estimate of drug-likeness (QED) is 0.806. The number of aromatic nitrogens is 4. The normalized spacial score (nSPS) is 10.9. The Morgan fingerprint density at radius 1 is 1.50 bits per heavy atom. The molecule has 0 amide bonds. The average molecular weight is 221 g/mol. The molecule has 0 aliphatic carbocycles. The fraction of sp³-hybridized carbons (Fsp3) is 0.500. The summed E-state index contributed by atoms with van der Waals surface area (Å²) in [6, 6.07) is 0. The number of hydrogen-bond donors (Lipinski definition) is 1. The first-order chi connectivity index (χ1) is 7.78. The largest absolute Gasteiger partial charge is 0.340 e. The van der Waals surface area contributed by atoms with Gasteiger partial charge >= 0.3 is 0 Å². The summed E-state index contributed by atoms with van der Waals surface area (Å²) in [4.78, 5) is 8.41. The molecule has 0 spiro atoms. The maximum atomic E-state index is 4.90. The van der Waals surface area contributed by atoms with E-state index in [0.29, 0.717) is 18.3 Å². The summed E-state index contributed by atoms with van der Waals surface area (Å²) in [5.74, 6) is 1.26. The van der Waals surface area contributed by atoms with Crippen molar-refractivity contribution in [1.82, 2.24) is 25.0 Å². The highest BCUT2D eigenvalue weighted by Gasteiger charge is 2.04. The summed E-state index contributed by atoms with van der Waals surface area (Å²) >= 11 is 0. The number of rotatable bonds is 5. The van der Waals surface area contributed by atoms with Crippen LogP contribution in [0.1, 0.15) is 24.3 Å². The minimum Gasteiger partial charge on any atom is -0.340 e. The summed E-state index contributed by atoms with van der Waals surface area (Å²) in [5, 5.41) is 7.05. The van der Waals surface area contributed by atoms with E-state index < -0.39 is 0 Å². The summed E-state index contributed by atoms with van der Waals surface area (Å²) in [6.45, 7) is 6.17. The molecule has 2 rings (SSSR count). The SMILES string of the molecule is CCNCc1cn(Cc2noc(C)n2)cn1. The van der Waals surface area contributed by atoms with Crippen molar-refractivity contribution in [2.75, 3.05) is 6.54 Å². The standard InChI is InChI=1S/C10H15N5O/c1-3-11-4-9-5-15(7-12-9)6-10-13-8(2)16-14-10/h5,7,11H,3-4,6H2,1-2H3. The zero-order valence-electron chi connectivity index (χ0n) is 9.47. The van der Waals surface area contributed by atoms with E-state index in [9.17, 15) is 0 Å². The van der Waals surface area contributed by atoms with Crippen LogP contribution in [0.5, 0.6) is 0 Å². The number of nitrogens with zero attached hydrogens (tertiary/aromatic N) is 4. The molecule has 1 N–H and O–H groups in total. The monoisotopic (exact) mass is 221 g/mol. The Balaban J connectivity index is 1.97. The summed E-state index contributed by atoms with van der Waals surface area (Å²) in [5.41, 5.74) is 1.02. The average Bonchev–Trinajstić information content (AvgIpc) is 2.86. The van der Waals surface area contributed by atoms with Gasteiger partial charge in [-0.05, 0) is 6.54 Å². The molecular weight excluding hydrogens is 206 g/mol. The van der Waals surface area contributed by atoms with Crippen molar-refractivity contribution in [2.45, 2.75) is 26.9 Å². The Kier molecular flexibility index (Phi) is 3.31. The Bertz CT molecular complexity index is 448. The molecule has 0 saturated heterocycles. The predicted molar refractivity (Wildman–Crippen MR) is 57.7 cm³/mol. The lowest BCUT2D eigenvalue weighted by atomic mass is 10.4. The van der Waals surface area contributed by atoms with Crippen LogP contribution in [0, 0.1) is 6.92 Å². The van der Waals surface area contributed by atoms with Crippen molar-refractivity contribution >= 4 is 0 Å². The molecule has 6 nitrogen and oxygen atoms in total. The van der Waals surface area contributed by atoms with Crippen molar-refractivity contribution in [1.29, 1.82) is 0 Å². The van der Waals surface area contributed by atoms with E-state index in [1.807, 2.05) is 10.8 Å². The van der Waals surface area contributed by atoms with E-state index in [1.54, 1.807) is 13.3 Å². The summed E-state index contributed by atoms with van der Waals surface area (Å²) in [7, 11) is 0. The van der Waals surface area contributed by atoms with Crippen molar-refractivity contribution < 1.29 is 4.52 Å². The van der Waals surface area contributed by atoms with Crippen LogP contribution in [0.25, 0.3) is 0 Å². The summed E-state index contributed by atoms with van der Waals surface area (Å²) in [6.07, 6.45) is 3.76. The van der Waals surface area contributed by atoms with Crippen LogP contribution in [0.3, 0.4) is 0 Å². The second-order valence-electron chi connectivity index (χ2n) is 3.55. The maximum Gasteiger partial charge on any atom is 0.223 e. The second kappa shape index (κ2) is 4.89. The van der Waals surface area contributed by atoms with Gasteiger partial charge in [0, 0.05) is 19.7 Å². The van der Waals surface area contributed by atoms with Crippen molar-refractivity contribution in [3.05, 3.63) is 29.9 Å². The molecule has 86 valence electrons. The van der Waals surface area contributed by atoms with E-state index in [-0.39, 0.29) is 0 Å². The fourth-order valence-corrected chi connectivity index (χ4v) is 1.41. The molecule has 0 radical (unpaired) electrons. The van der Waals surface area contributed by atoms with E-state index in [0.717, 1.165) is 18.8 Å². The molecule has 2 aromatic heterocycles. The van der Waals surface area contributed by atoms with Crippen LogP contribution in [0.4, 0.5) is 0 Å². The van der Waals surface area contributed by atoms with E-state index >= 15 is 0 Å². The van der Waals surface area contributed by atoms with Gasteiger partial charge in [-0.3, -0.25) is 0 Å². The predicted octanol–water partition coefficient (Wildman–Crippen LogP) is 0.732. The molecule has 16 heavy (non-hydrogen) atoms. The highest BCUT2D eigenvalue weighted by atomic mass is 16.5. The van der Waals surface area contributed by atoms with Gasteiger partial charge in [0.05, 0.1) is 18.6 Å². The molecule has 0 aliphatic rings. The molecule has 2 heterocycles. The molecular formula is C10H15N5O. The van der Waals surface area contributed by atoms with Gasteiger partial charge in [0.1, 0.15) is 0 Å². The van der Waals surface area contributed by atoms with E-state index in [2.05, 4.69) is 27.4 Å². The fourth-order valence-electron chi connectivity index (χ4n) is 1.41. The van der Waals surface area contributed by atoms with Crippen LogP contribution in [0.15, 0.2) is 17.0 Å².